The predicted octanol–water partition coefficient (Wildman–Crippen LogP) is 0.833. The maximum Gasteiger partial charge on any atom is 0.220 e. The molecule has 92 valence electrons. The van der Waals surface area contributed by atoms with Crippen molar-refractivity contribution < 1.29 is 14.6 Å². The average Bonchev–Trinajstić information content (AvgIpc) is 2.30. The Kier molecular flexibility index (Phi) is 3.50. The molecule has 1 saturated carbocycles. The number of hydrogen-bond donors (Lipinski definition) is 2. The van der Waals surface area contributed by atoms with Gasteiger partial charge in [0, 0.05) is 31.1 Å². The Hall–Kier alpha value is -0.610. The Morgan fingerprint density at radius 1 is 1.50 bits per heavy atom. The van der Waals surface area contributed by atoms with Crippen LogP contribution in [0.1, 0.15) is 39.0 Å². The highest BCUT2D eigenvalue weighted by molar-refractivity contribution is 5.76. The third-order valence-electron chi connectivity index (χ3n) is 4.05. The normalized spacial score (nSPS) is 32.1. The second kappa shape index (κ2) is 4.72. The summed E-state index contributed by atoms with van der Waals surface area (Å²) in [5.74, 6) is 0.116. The summed E-state index contributed by atoms with van der Waals surface area (Å²) in [5.41, 5.74) is -0.0956. The summed E-state index contributed by atoms with van der Waals surface area (Å²) >= 11 is 0. The molecule has 1 aliphatic carbocycles. The molecule has 4 nitrogen and oxygen atoms in total. The molecule has 1 amide bonds. The van der Waals surface area contributed by atoms with Gasteiger partial charge in [-0.05, 0) is 25.7 Å². The minimum atomic E-state index is -0.261. The second-order valence-electron chi connectivity index (χ2n) is 4.97. The van der Waals surface area contributed by atoms with Gasteiger partial charge in [-0.3, -0.25) is 4.79 Å². The minimum absolute atomic E-state index is 0.0956. The van der Waals surface area contributed by atoms with E-state index in [4.69, 9.17) is 4.74 Å². The van der Waals surface area contributed by atoms with Crippen LogP contribution in [0.2, 0.25) is 0 Å². The Morgan fingerprint density at radius 3 is 2.75 bits per heavy atom. The van der Waals surface area contributed by atoms with E-state index in [9.17, 15) is 9.90 Å². The Balaban J connectivity index is 1.93. The topological polar surface area (TPSA) is 58.6 Å². The van der Waals surface area contributed by atoms with Crippen LogP contribution in [-0.4, -0.2) is 36.4 Å². The molecular formula is C12H21NO3. The molecule has 1 heterocycles. The highest BCUT2D eigenvalue weighted by Gasteiger charge is 2.55. The fourth-order valence-corrected chi connectivity index (χ4v) is 2.89. The van der Waals surface area contributed by atoms with E-state index in [2.05, 4.69) is 5.32 Å². The standard InChI is InChI=1S/C12H21NO3/c1-2-3-11(15)13-9-8-10(14)12(9)4-6-16-7-5-12/h9-10,14H,2-8H2,1H3,(H,13,15)/t9-,10-/m0/s1. The maximum atomic E-state index is 11.6. The van der Waals surface area contributed by atoms with Gasteiger partial charge in [-0.2, -0.15) is 0 Å². The highest BCUT2D eigenvalue weighted by Crippen LogP contribution is 2.48. The van der Waals surface area contributed by atoms with Gasteiger partial charge in [0.25, 0.3) is 0 Å². The van der Waals surface area contributed by atoms with Crippen molar-refractivity contribution in [3.05, 3.63) is 0 Å². The van der Waals surface area contributed by atoms with Crippen LogP contribution in [0, 0.1) is 5.41 Å². The molecule has 0 aromatic carbocycles. The molecule has 2 rings (SSSR count). The summed E-state index contributed by atoms with van der Waals surface area (Å²) in [6, 6.07) is 0.158. The third kappa shape index (κ3) is 1.96. The van der Waals surface area contributed by atoms with Crippen LogP contribution in [-0.2, 0) is 9.53 Å². The van der Waals surface area contributed by atoms with E-state index in [1.807, 2.05) is 6.92 Å². The first-order chi connectivity index (χ1) is 7.69. The van der Waals surface area contributed by atoms with Crippen LogP contribution in [0.15, 0.2) is 0 Å². The van der Waals surface area contributed by atoms with E-state index in [0.29, 0.717) is 26.1 Å². The molecule has 0 radical (unpaired) electrons. The first-order valence-corrected chi connectivity index (χ1v) is 6.24. The molecule has 1 aliphatic heterocycles. The first kappa shape index (κ1) is 11.9. The number of carbonyl (C=O) groups is 1. The van der Waals surface area contributed by atoms with Gasteiger partial charge in [-0.15, -0.1) is 0 Å². The monoisotopic (exact) mass is 227 g/mol. The largest absolute Gasteiger partial charge is 0.392 e. The molecule has 1 spiro atoms. The Morgan fingerprint density at radius 2 is 2.19 bits per heavy atom. The number of aliphatic hydroxyl groups excluding tert-OH is 1. The zero-order valence-electron chi connectivity index (χ0n) is 9.87. The molecule has 0 aromatic rings. The molecular weight excluding hydrogens is 206 g/mol. The van der Waals surface area contributed by atoms with Crippen molar-refractivity contribution in [1.29, 1.82) is 0 Å². The zero-order valence-corrected chi connectivity index (χ0v) is 9.87. The van der Waals surface area contributed by atoms with Crippen LogP contribution in [0.5, 0.6) is 0 Å². The lowest BCUT2D eigenvalue weighted by Gasteiger charge is -2.55. The minimum Gasteiger partial charge on any atom is -0.392 e. The van der Waals surface area contributed by atoms with Crippen LogP contribution < -0.4 is 5.32 Å². The van der Waals surface area contributed by atoms with Gasteiger partial charge in [0.2, 0.25) is 5.91 Å². The Labute approximate surface area is 96.4 Å². The van der Waals surface area contributed by atoms with Gasteiger partial charge >= 0.3 is 0 Å². The van der Waals surface area contributed by atoms with Gasteiger partial charge in [0.1, 0.15) is 0 Å². The quantitative estimate of drug-likeness (QED) is 0.751. The number of hydrogen-bond acceptors (Lipinski definition) is 3. The summed E-state index contributed by atoms with van der Waals surface area (Å²) < 4.78 is 5.33. The van der Waals surface area contributed by atoms with E-state index in [1.54, 1.807) is 0 Å². The number of amides is 1. The van der Waals surface area contributed by atoms with Gasteiger partial charge in [0.15, 0.2) is 0 Å². The zero-order chi connectivity index (χ0) is 11.6. The average molecular weight is 227 g/mol. The molecule has 2 N–H and O–H groups in total. The number of rotatable bonds is 3. The van der Waals surface area contributed by atoms with Crippen molar-refractivity contribution in [2.75, 3.05) is 13.2 Å². The molecule has 0 unspecified atom stereocenters. The molecule has 0 aromatic heterocycles. The summed E-state index contributed by atoms with van der Waals surface area (Å²) in [5, 5.41) is 13.0. The van der Waals surface area contributed by atoms with E-state index < -0.39 is 0 Å². The summed E-state index contributed by atoms with van der Waals surface area (Å²) in [6.07, 6.45) is 3.63. The summed E-state index contributed by atoms with van der Waals surface area (Å²) in [7, 11) is 0. The fourth-order valence-electron chi connectivity index (χ4n) is 2.89. The van der Waals surface area contributed by atoms with Crippen molar-refractivity contribution in [3.63, 3.8) is 0 Å². The molecule has 1 saturated heterocycles. The van der Waals surface area contributed by atoms with Crippen LogP contribution >= 0.6 is 0 Å². The van der Waals surface area contributed by atoms with E-state index in [-0.39, 0.29) is 23.5 Å². The molecule has 2 aliphatic rings. The number of ether oxygens (including phenoxy) is 1. The summed E-state index contributed by atoms with van der Waals surface area (Å²) in [6.45, 7) is 3.41. The van der Waals surface area contributed by atoms with Crippen LogP contribution in [0.3, 0.4) is 0 Å². The Bertz CT molecular complexity index is 261. The van der Waals surface area contributed by atoms with E-state index >= 15 is 0 Å². The van der Waals surface area contributed by atoms with Crippen LogP contribution in [0.25, 0.3) is 0 Å². The fraction of sp³-hybridized carbons (Fsp3) is 0.917. The third-order valence-corrected chi connectivity index (χ3v) is 4.05. The summed E-state index contributed by atoms with van der Waals surface area (Å²) in [4.78, 5) is 11.6. The lowest BCUT2D eigenvalue weighted by atomic mass is 9.58. The molecule has 0 bridgehead atoms. The molecule has 2 fully saturated rings. The van der Waals surface area contributed by atoms with Gasteiger partial charge in [0.05, 0.1) is 6.10 Å². The number of aliphatic hydroxyl groups is 1. The van der Waals surface area contributed by atoms with E-state index in [0.717, 1.165) is 19.3 Å². The van der Waals surface area contributed by atoms with Crippen LogP contribution in [0.4, 0.5) is 0 Å². The second-order valence-corrected chi connectivity index (χ2v) is 4.97. The molecule has 2 atom stereocenters. The molecule has 4 heteroatoms. The molecule has 16 heavy (non-hydrogen) atoms. The predicted molar refractivity (Wildman–Crippen MR) is 59.9 cm³/mol. The van der Waals surface area contributed by atoms with Crippen molar-refractivity contribution >= 4 is 5.91 Å². The van der Waals surface area contributed by atoms with Crippen molar-refractivity contribution in [1.82, 2.24) is 5.32 Å². The van der Waals surface area contributed by atoms with Crippen molar-refractivity contribution in [3.8, 4) is 0 Å². The lowest BCUT2D eigenvalue weighted by Crippen LogP contribution is -2.65. The number of carbonyl (C=O) groups excluding carboxylic acids is 1. The number of nitrogens with one attached hydrogen (secondary N) is 1. The van der Waals surface area contributed by atoms with Crippen molar-refractivity contribution in [2.45, 2.75) is 51.2 Å². The first-order valence-electron chi connectivity index (χ1n) is 6.24. The smallest absolute Gasteiger partial charge is 0.220 e. The van der Waals surface area contributed by atoms with Gasteiger partial charge in [-0.1, -0.05) is 6.92 Å². The van der Waals surface area contributed by atoms with Gasteiger partial charge < -0.3 is 15.2 Å². The SMILES string of the molecule is CCCC(=O)N[C@H]1C[C@H](O)C12CCOCC2. The maximum absolute atomic E-state index is 11.6. The van der Waals surface area contributed by atoms with Crippen molar-refractivity contribution in [2.24, 2.45) is 5.41 Å². The van der Waals surface area contributed by atoms with E-state index in [1.165, 1.54) is 0 Å². The highest BCUT2D eigenvalue weighted by atomic mass is 16.5. The lowest BCUT2D eigenvalue weighted by molar-refractivity contribution is -0.156. The van der Waals surface area contributed by atoms with Gasteiger partial charge in [-0.25, -0.2) is 0 Å².